The number of methoxy groups -OCH3 is 1. The van der Waals surface area contributed by atoms with E-state index in [9.17, 15) is 0 Å². The molecule has 0 aliphatic rings. The molecule has 1 aromatic carbocycles. The number of aromatic nitrogens is 3. The van der Waals surface area contributed by atoms with Gasteiger partial charge in [0, 0.05) is 23.6 Å². The van der Waals surface area contributed by atoms with Crippen molar-refractivity contribution in [1.29, 1.82) is 0 Å². The number of benzene rings is 1. The molecule has 0 saturated carbocycles. The molecule has 0 bridgehead atoms. The molecule has 96 valence electrons. The summed E-state index contributed by atoms with van der Waals surface area (Å²) in [7, 11) is 3.60. The van der Waals surface area contributed by atoms with E-state index in [1.165, 1.54) is 0 Å². The molecule has 0 aliphatic carbocycles. The number of hydrogen-bond acceptors (Lipinski definition) is 4. The third-order valence-corrected chi connectivity index (χ3v) is 3.14. The quantitative estimate of drug-likeness (QED) is 0.916. The fourth-order valence-electron chi connectivity index (χ4n) is 1.66. The van der Waals surface area contributed by atoms with Crippen molar-refractivity contribution < 1.29 is 4.74 Å². The molecule has 2 aromatic rings. The van der Waals surface area contributed by atoms with Gasteiger partial charge in [-0.1, -0.05) is 15.9 Å². The Bertz CT molecular complexity index is 527. The van der Waals surface area contributed by atoms with E-state index in [-0.39, 0.29) is 0 Å². The lowest BCUT2D eigenvalue weighted by molar-refractivity contribution is 0.407. The lowest BCUT2D eigenvalue weighted by atomic mass is 10.2. The maximum Gasteiger partial charge on any atom is 0.146 e. The maximum absolute atomic E-state index is 5.32. The third kappa shape index (κ3) is 3.08. The average Bonchev–Trinajstić information content (AvgIpc) is 2.76. The van der Waals surface area contributed by atoms with E-state index in [0.717, 1.165) is 28.2 Å². The van der Waals surface area contributed by atoms with E-state index in [2.05, 4.69) is 31.4 Å². The highest BCUT2D eigenvalue weighted by molar-refractivity contribution is 9.10. The SMILES string of the molecule is COc1ccc(Br)cc1CNCc1nncn1C. The highest BCUT2D eigenvalue weighted by Gasteiger charge is 2.05. The summed E-state index contributed by atoms with van der Waals surface area (Å²) < 4.78 is 8.25. The van der Waals surface area contributed by atoms with Crippen molar-refractivity contribution in [3.63, 3.8) is 0 Å². The molecular formula is C12H15BrN4O. The Morgan fingerprint density at radius 3 is 2.89 bits per heavy atom. The fraction of sp³-hybridized carbons (Fsp3) is 0.333. The van der Waals surface area contributed by atoms with Crippen molar-refractivity contribution in [1.82, 2.24) is 20.1 Å². The first-order valence-corrected chi connectivity index (χ1v) is 6.36. The Kier molecular flexibility index (Phi) is 4.33. The summed E-state index contributed by atoms with van der Waals surface area (Å²) in [4.78, 5) is 0. The number of nitrogens with one attached hydrogen (secondary N) is 1. The highest BCUT2D eigenvalue weighted by atomic mass is 79.9. The van der Waals surface area contributed by atoms with Gasteiger partial charge >= 0.3 is 0 Å². The number of ether oxygens (including phenoxy) is 1. The Hall–Kier alpha value is -1.40. The summed E-state index contributed by atoms with van der Waals surface area (Å²) in [6, 6.07) is 5.96. The van der Waals surface area contributed by atoms with Crippen LogP contribution in [0.5, 0.6) is 5.75 Å². The molecule has 1 aromatic heterocycles. The average molecular weight is 311 g/mol. The minimum Gasteiger partial charge on any atom is -0.496 e. The Labute approximate surface area is 114 Å². The number of hydrogen-bond donors (Lipinski definition) is 1. The zero-order chi connectivity index (χ0) is 13.0. The van der Waals surface area contributed by atoms with Gasteiger partial charge in [-0.15, -0.1) is 10.2 Å². The van der Waals surface area contributed by atoms with Crippen LogP contribution >= 0.6 is 15.9 Å². The molecule has 0 unspecified atom stereocenters. The normalized spacial score (nSPS) is 10.6. The van der Waals surface area contributed by atoms with E-state index >= 15 is 0 Å². The van der Waals surface area contributed by atoms with Gasteiger partial charge in [0.15, 0.2) is 0 Å². The van der Waals surface area contributed by atoms with Gasteiger partial charge in [-0.25, -0.2) is 0 Å². The van der Waals surface area contributed by atoms with Crippen LogP contribution in [0, 0.1) is 0 Å². The van der Waals surface area contributed by atoms with Gasteiger partial charge in [0.25, 0.3) is 0 Å². The van der Waals surface area contributed by atoms with Crippen LogP contribution in [0.15, 0.2) is 29.0 Å². The topological polar surface area (TPSA) is 52.0 Å². The number of aryl methyl sites for hydroxylation is 1. The molecule has 2 rings (SSSR count). The first-order chi connectivity index (χ1) is 8.70. The lowest BCUT2D eigenvalue weighted by Gasteiger charge is -2.10. The zero-order valence-electron chi connectivity index (χ0n) is 10.4. The van der Waals surface area contributed by atoms with Gasteiger partial charge < -0.3 is 14.6 Å². The fourth-order valence-corrected chi connectivity index (χ4v) is 2.07. The van der Waals surface area contributed by atoms with Crippen LogP contribution in [0.1, 0.15) is 11.4 Å². The van der Waals surface area contributed by atoms with Crippen LogP contribution in [-0.2, 0) is 20.1 Å². The molecule has 6 heteroatoms. The first kappa shape index (κ1) is 13.0. The second kappa shape index (κ2) is 5.97. The Morgan fingerprint density at radius 2 is 2.22 bits per heavy atom. The molecular weight excluding hydrogens is 296 g/mol. The van der Waals surface area contributed by atoms with Crippen molar-refractivity contribution >= 4 is 15.9 Å². The number of nitrogens with zero attached hydrogens (tertiary/aromatic N) is 3. The largest absolute Gasteiger partial charge is 0.496 e. The predicted molar refractivity (Wildman–Crippen MR) is 72.2 cm³/mol. The molecule has 0 amide bonds. The van der Waals surface area contributed by atoms with Gasteiger partial charge in [0.2, 0.25) is 0 Å². The van der Waals surface area contributed by atoms with Crippen molar-refractivity contribution in [3.05, 3.63) is 40.4 Å². The highest BCUT2D eigenvalue weighted by Crippen LogP contribution is 2.22. The number of rotatable bonds is 5. The predicted octanol–water partition coefficient (Wildman–Crippen LogP) is 1.88. The summed E-state index contributed by atoms with van der Waals surface area (Å²) in [6.07, 6.45) is 1.69. The monoisotopic (exact) mass is 310 g/mol. The molecule has 0 radical (unpaired) electrons. The van der Waals surface area contributed by atoms with Gasteiger partial charge in [-0.05, 0) is 18.2 Å². The molecule has 0 aliphatic heterocycles. The van der Waals surface area contributed by atoms with Crippen molar-refractivity contribution in [2.75, 3.05) is 7.11 Å². The molecule has 0 saturated heterocycles. The van der Waals surface area contributed by atoms with Crippen molar-refractivity contribution in [2.45, 2.75) is 13.1 Å². The zero-order valence-corrected chi connectivity index (χ0v) is 11.9. The van der Waals surface area contributed by atoms with Gasteiger partial charge in [0.05, 0.1) is 13.7 Å². The summed E-state index contributed by atoms with van der Waals surface area (Å²) in [5.41, 5.74) is 1.11. The third-order valence-electron chi connectivity index (χ3n) is 2.65. The van der Waals surface area contributed by atoms with Crippen LogP contribution in [0.4, 0.5) is 0 Å². The Balaban J connectivity index is 1.98. The smallest absolute Gasteiger partial charge is 0.146 e. The van der Waals surface area contributed by atoms with Crippen molar-refractivity contribution in [3.8, 4) is 5.75 Å². The summed E-state index contributed by atoms with van der Waals surface area (Å²) in [6.45, 7) is 1.39. The van der Waals surface area contributed by atoms with E-state index in [0.29, 0.717) is 6.54 Å². The maximum atomic E-state index is 5.32. The summed E-state index contributed by atoms with van der Waals surface area (Å²) in [5.74, 6) is 1.78. The number of halogens is 1. The summed E-state index contributed by atoms with van der Waals surface area (Å²) in [5, 5.41) is 11.2. The molecule has 1 heterocycles. The Morgan fingerprint density at radius 1 is 1.39 bits per heavy atom. The van der Waals surface area contributed by atoms with Gasteiger partial charge in [0.1, 0.15) is 17.9 Å². The van der Waals surface area contributed by atoms with Crippen LogP contribution in [0.25, 0.3) is 0 Å². The van der Waals surface area contributed by atoms with Crippen molar-refractivity contribution in [2.24, 2.45) is 7.05 Å². The van der Waals surface area contributed by atoms with Crippen LogP contribution in [0.2, 0.25) is 0 Å². The lowest BCUT2D eigenvalue weighted by Crippen LogP contribution is -2.16. The van der Waals surface area contributed by atoms with E-state index < -0.39 is 0 Å². The summed E-state index contributed by atoms with van der Waals surface area (Å²) >= 11 is 3.46. The molecule has 18 heavy (non-hydrogen) atoms. The van der Waals surface area contributed by atoms with E-state index in [4.69, 9.17) is 4.74 Å². The van der Waals surface area contributed by atoms with Crippen LogP contribution < -0.4 is 10.1 Å². The molecule has 0 atom stereocenters. The molecule has 0 fully saturated rings. The first-order valence-electron chi connectivity index (χ1n) is 5.56. The molecule has 0 spiro atoms. The van der Waals surface area contributed by atoms with Gasteiger partial charge in [-0.2, -0.15) is 0 Å². The standard InChI is InChI=1S/C12H15BrN4O/c1-17-8-15-16-12(17)7-14-6-9-5-10(13)3-4-11(9)18-2/h3-5,8,14H,6-7H2,1-2H3. The molecule has 5 nitrogen and oxygen atoms in total. The van der Waals surface area contributed by atoms with E-state index in [1.54, 1.807) is 13.4 Å². The second-order valence-electron chi connectivity index (χ2n) is 3.92. The minimum absolute atomic E-state index is 0.673. The van der Waals surface area contributed by atoms with Gasteiger partial charge in [-0.3, -0.25) is 0 Å². The van der Waals surface area contributed by atoms with Crippen LogP contribution in [0.3, 0.4) is 0 Å². The minimum atomic E-state index is 0.673. The van der Waals surface area contributed by atoms with E-state index in [1.807, 2.05) is 29.8 Å². The van der Waals surface area contributed by atoms with Crippen LogP contribution in [-0.4, -0.2) is 21.9 Å². The second-order valence-corrected chi connectivity index (χ2v) is 4.83. The molecule has 1 N–H and O–H groups in total.